The van der Waals surface area contributed by atoms with E-state index >= 15 is 0 Å². The maximum atomic E-state index is 13.5. The lowest BCUT2D eigenvalue weighted by molar-refractivity contribution is -0.0505. The molecule has 0 atom stereocenters. The predicted octanol–water partition coefficient (Wildman–Crippen LogP) is 3.50. The Morgan fingerprint density at radius 1 is 1.44 bits per heavy atom. The number of rotatable bonds is 5. The molecule has 0 bridgehead atoms. The first-order valence-corrected chi connectivity index (χ1v) is 6.12. The maximum absolute atomic E-state index is 13.5. The van der Waals surface area contributed by atoms with Crippen molar-refractivity contribution >= 4 is 21.9 Å². The number of carbonyl (C=O) groups excluding carboxylic acids is 1. The molecule has 0 fully saturated rings. The van der Waals surface area contributed by atoms with E-state index in [4.69, 9.17) is 4.74 Å². The molecule has 18 heavy (non-hydrogen) atoms. The average Bonchev–Trinajstić information content (AvgIpc) is 2.30. The smallest absolute Gasteiger partial charge is 0.387 e. The van der Waals surface area contributed by atoms with E-state index < -0.39 is 24.1 Å². The Hall–Kier alpha value is -1.24. The Balaban J connectivity index is 3.29. The predicted molar refractivity (Wildman–Crippen MR) is 61.6 cm³/mol. The average molecular weight is 327 g/mol. The summed E-state index contributed by atoms with van der Waals surface area (Å²) in [6.07, 6.45) is 0. The minimum atomic E-state index is -3.10. The van der Waals surface area contributed by atoms with Gasteiger partial charge in [0.05, 0.1) is 6.61 Å². The molecule has 0 aliphatic rings. The Morgan fingerprint density at radius 2 is 2.11 bits per heavy atom. The maximum Gasteiger partial charge on any atom is 0.387 e. The summed E-state index contributed by atoms with van der Waals surface area (Å²) in [5.41, 5.74) is -0.402. The van der Waals surface area contributed by atoms with Crippen molar-refractivity contribution in [1.82, 2.24) is 0 Å². The van der Waals surface area contributed by atoms with Gasteiger partial charge in [-0.2, -0.15) is 8.78 Å². The monoisotopic (exact) mass is 326 g/mol. The SMILES string of the molecule is CCOC(=O)c1c(OC(F)F)ccc(F)c1CBr. The zero-order valence-electron chi connectivity index (χ0n) is 9.38. The number of esters is 1. The Morgan fingerprint density at radius 3 is 2.61 bits per heavy atom. The molecule has 0 spiro atoms. The normalized spacial score (nSPS) is 10.6. The van der Waals surface area contributed by atoms with Crippen LogP contribution in [0.1, 0.15) is 22.8 Å². The van der Waals surface area contributed by atoms with Crippen molar-refractivity contribution in [2.45, 2.75) is 18.9 Å². The molecule has 0 aliphatic heterocycles. The van der Waals surface area contributed by atoms with Gasteiger partial charge in [-0.05, 0) is 19.1 Å². The number of hydrogen-bond acceptors (Lipinski definition) is 3. The number of carbonyl (C=O) groups is 1. The zero-order valence-corrected chi connectivity index (χ0v) is 11.0. The van der Waals surface area contributed by atoms with Crippen LogP contribution in [0.4, 0.5) is 13.2 Å². The van der Waals surface area contributed by atoms with Gasteiger partial charge in [-0.15, -0.1) is 0 Å². The quantitative estimate of drug-likeness (QED) is 0.613. The van der Waals surface area contributed by atoms with E-state index in [1.807, 2.05) is 0 Å². The number of ether oxygens (including phenoxy) is 2. The third-order valence-electron chi connectivity index (χ3n) is 2.05. The molecule has 3 nitrogen and oxygen atoms in total. The molecular weight excluding hydrogens is 317 g/mol. The molecule has 0 aromatic heterocycles. The van der Waals surface area contributed by atoms with E-state index in [-0.39, 0.29) is 23.1 Å². The Bertz CT molecular complexity index is 438. The molecule has 0 amide bonds. The highest BCUT2D eigenvalue weighted by Gasteiger charge is 2.23. The van der Waals surface area contributed by atoms with Crippen LogP contribution in [0.25, 0.3) is 0 Å². The van der Waals surface area contributed by atoms with Crippen molar-refractivity contribution in [3.8, 4) is 5.75 Å². The van der Waals surface area contributed by atoms with E-state index in [1.165, 1.54) is 0 Å². The summed E-state index contributed by atoms with van der Waals surface area (Å²) in [5.74, 6) is -2.00. The standard InChI is InChI=1S/C11H10BrF3O3/c1-2-17-10(16)9-6(5-12)7(13)3-4-8(9)18-11(14)15/h3-4,11H,2,5H2,1H3. The minimum absolute atomic E-state index is 0.0204. The van der Waals surface area contributed by atoms with Crippen molar-refractivity contribution < 1.29 is 27.4 Å². The molecule has 0 unspecified atom stereocenters. The number of alkyl halides is 3. The van der Waals surface area contributed by atoms with E-state index in [2.05, 4.69) is 20.7 Å². The zero-order chi connectivity index (χ0) is 13.7. The van der Waals surface area contributed by atoms with Gasteiger partial charge in [0.15, 0.2) is 0 Å². The molecule has 7 heteroatoms. The number of halogens is 4. The summed E-state index contributed by atoms with van der Waals surface area (Å²) in [7, 11) is 0. The van der Waals surface area contributed by atoms with Crippen molar-refractivity contribution in [3.63, 3.8) is 0 Å². The lowest BCUT2D eigenvalue weighted by atomic mass is 10.1. The first kappa shape index (κ1) is 14.8. The second-order valence-electron chi connectivity index (χ2n) is 3.13. The van der Waals surface area contributed by atoms with Gasteiger partial charge in [0.2, 0.25) is 0 Å². The lowest BCUT2D eigenvalue weighted by Crippen LogP contribution is -2.14. The van der Waals surface area contributed by atoms with Crippen LogP contribution in [0.15, 0.2) is 12.1 Å². The van der Waals surface area contributed by atoms with Gasteiger partial charge >= 0.3 is 12.6 Å². The number of benzene rings is 1. The molecule has 0 aliphatic carbocycles. The fourth-order valence-electron chi connectivity index (χ4n) is 1.35. The molecule has 1 rings (SSSR count). The van der Waals surface area contributed by atoms with Crippen molar-refractivity contribution in [3.05, 3.63) is 29.1 Å². The largest absolute Gasteiger partial charge is 0.462 e. The Kier molecular flexibility index (Phi) is 5.46. The van der Waals surface area contributed by atoms with Gasteiger partial charge in [0.1, 0.15) is 17.1 Å². The lowest BCUT2D eigenvalue weighted by Gasteiger charge is -2.13. The van der Waals surface area contributed by atoms with Gasteiger partial charge in [-0.25, -0.2) is 9.18 Å². The van der Waals surface area contributed by atoms with Gasteiger partial charge in [-0.3, -0.25) is 0 Å². The van der Waals surface area contributed by atoms with Gasteiger partial charge < -0.3 is 9.47 Å². The minimum Gasteiger partial charge on any atom is -0.462 e. The van der Waals surface area contributed by atoms with Crippen LogP contribution in [0, 0.1) is 5.82 Å². The molecule has 0 saturated carbocycles. The summed E-state index contributed by atoms with van der Waals surface area (Å²) in [4.78, 5) is 11.6. The van der Waals surface area contributed by atoms with Crippen molar-refractivity contribution in [2.24, 2.45) is 0 Å². The van der Waals surface area contributed by atoms with Gasteiger partial charge in [0, 0.05) is 10.9 Å². The topological polar surface area (TPSA) is 35.5 Å². The highest BCUT2D eigenvalue weighted by Crippen LogP contribution is 2.29. The summed E-state index contributed by atoms with van der Waals surface area (Å²) in [5, 5.41) is -0.0204. The van der Waals surface area contributed by atoms with E-state index in [1.54, 1.807) is 6.92 Å². The van der Waals surface area contributed by atoms with E-state index in [0.717, 1.165) is 12.1 Å². The highest BCUT2D eigenvalue weighted by molar-refractivity contribution is 9.08. The van der Waals surface area contributed by atoms with Crippen LogP contribution in [0.3, 0.4) is 0 Å². The van der Waals surface area contributed by atoms with Crippen LogP contribution in [-0.2, 0) is 10.1 Å². The fraction of sp³-hybridized carbons (Fsp3) is 0.364. The van der Waals surface area contributed by atoms with E-state index in [9.17, 15) is 18.0 Å². The second kappa shape index (κ2) is 6.63. The summed E-state index contributed by atoms with van der Waals surface area (Å²) >= 11 is 2.99. The van der Waals surface area contributed by atoms with Crippen LogP contribution in [0.2, 0.25) is 0 Å². The highest BCUT2D eigenvalue weighted by atomic mass is 79.9. The first-order valence-electron chi connectivity index (χ1n) is 5.00. The molecule has 0 radical (unpaired) electrons. The Labute approximate surface area is 110 Å². The van der Waals surface area contributed by atoms with Gasteiger partial charge in [-0.1, -0.05) is 15.9 Å². The van der Waals surface area contributed by atoms with Crippen LogP contribution in [-0.4, -0.2) is 19.2 Å². The molecular formula is C11H10BrF3O3. The van der Waals surface area contributed by atoms with E-state index in [0.29, 0.717) is 0 Å². The van der Waals surface area contributed by atoms with Gasteiger partial charge in [0.25, 0.3) is 0 Å². The summed E-state index contributed by atoms with van der Waals surface area (Å²) in [6.45, 7) is -1.50. The number of hydrogen-bond donors (Lipinski definition) is 0. The molecule has 1 aromatic rings. The van der Waals surface area contributed by atoms with Crippen molar-refractivity contribution in [1.29, 1.82) is 0 Å². The molecule has 1 aromatic carbocycles. The third kappa shape index (κ3) is 3.38. The van der Waals surface area contributed by atoms with Crippen molar-refractivity contribution in [2.75, 3.05) is 6.61 Å². The third-order valence-corrected chi connectivity index (χ3v) is 2.61. The molecule has 0 heterocycles. The van der Waals surface area contributed by atoms with Crippen LogP contribution in [0.5, 0.6) is 5.75 Å². The summed E-state index contributed by atoms with van der Waals surface area (Å²) < 4.78 is 46.8. The molecule has 100 valence electrons. The second-order valence-corrected chi connectivity index (χ2v) is 3.69. The summed E-state index contributed by atoms with van der Waals surface area (Å²) in [6, 6.07) is 1.93. The fourth-order valence-corrected chi connectivity index (χ4v) is 1.90. The van der Waals surface area contributed by atoms with Crippen LogP contribution < -0.4 is 4.74 Å². The molecule has 0 saturated heterocycles. The molecule has 0 N–H and O–H groups in total. The first-order chi connectivity index (χ1) is 8.51. The van der Waals surface area contributed by atoms with Crippen LogP contribution >= 0.6 is 15.9 Å².